The fourth-order valence-electron chi connectivity index (χ4n) is 2.71. The largest absolute Gasteiger partial charge is 0.504 e. The number of aliphatic hydroxyl groups excluding tert-OH is 1. The van der Waals surface area contributed by atoms with E-state index in [9.17, 15) is 14.3 Å². The Hall–Kier alpha value is -3.26. The maximum atomic E-state index is 13.0. The summed E-state index contributed by atoms with van der Waals surface area (Å²) in [6.45, 7) is 4.50. The number of furan rings is 1. The average Bonchev–Trinajstić information content (AvgIpc) is 3.40. The SMILES string of the molecule is CCCCOC(C)n1cnc(C(O)=CC(=O)c2ccc(Cc3ccc(F)cc3)o2)n1. The number of hydrogen-bond donors (Lipinski definition) is 1. The molecule has 3 aromatic rings. The van der Waals surface area contributed by atoms with Crippen molar-refractivity contribution in [2.24, 2.45) is 0 Å². The first-order valence-electron chi connectivity index (χ1n) is 9.77. The molecular formula is C22H24FN3O4. The summed E-state index contributed by atoms with van der Waals surface area (Å²) in [7, 11) is 0. The van der Waals surface area contributed by atoms with Crippen molar-refractivity contribution in [3.05, 3.63) is 77.5 Å². The molecule has 0 amide bonds. The van der Waals surface area contributed by atoms with Gasteiger partial charge in [0.2, 0.25) is 11.6 Å². The first-order chi connectivity index (χ1) is 14.5. The van der Waals surface area contributed by atoms with Crippen molar-refractivity contribution >= 4 is 11.5 Å². The van der Waals surface area contributed by atoms with Crippen molar-refractivity contribution in [1.82, 2.24) is 14.8 Å². The Labute approximate surface area is 173 Å². The van der Waals surface area contributed by atoms with E-state index in [4.69, 9.17) is 9.15 Å². The van der Waals surface area contributed by atoms with E-state index in [0.717, 1.165) is 24.5 Å². The van der Waals surface area contributed by atoms with Crippen LogP contribution in [0.1, 0.15) is 60.6 Å². The zero-order valence-electron chi connectivity index (χ0n) is 16.9. The predicted molar refractivity (Wildman–Crippen MR) is 108 cm³/mol. The number of rotatable bonds is 10. The second kappa shape index (κ2) is 9.98. The van der Waals surface area contributed by atoms with Gasteiger partial charge in [-0.2, -0.15) is 0 Å². The summed E-state index contributed by atoms with van der Waals surface area (Å²) in [5.74, 6) is -0.537. The van der Waals surface area contributed by atoms with E-state index in [1.807, 2.05) is 6.92 Å². The van der Waals surface area contributed by atoms with Crippen molar-refractivity contribution in [2.75, 3.05) is 6.61 Å². The quantitative estimate of drug-likeness (QED) is 0.224. The highest BCUT2D eigenvalue weighted by molar-refractivity contribution is 6.05. The number of aliphatic hydroxyl groups is 1. The molecule has 0 aliphatic heterocycles. The highest BCUT2D eigenvalue weighted by atomic mass is 19.1. The molecule has 0 bridgehead atoms. The molecule has 2 aromatic heterocycles. The van der Waals surface area contributed by atoms with E-state index in [1.54, 1.807) is 18.2 Å². The third kappa shape index (κ3) is 5.64. The number of ether oxygens (including phenoxy) is 1. The molecule has 1 unspecified atom stereocenters. The molecule has 0 aliphatic carbocycles. The second-order valence-corrected chi connectivity index (χ2v) is 6.83. The van der Waals surface area contributed by atoms with Crippen molar-refractivity contribution in [2.45, 2.75) is 39.3 Å². The Kier molecular flexibility index (Phi) is 7.13. The van der Waals surface area contributed by atoms with E-state index in [2.05, 4.69) is 17.0 Å². The first-order valence-corrected chi connectivity index (χ1v) is 9.77. The lowest BCUT2D eigenvalue weighted by Crippen LogP contribution is -2.11. The molecule has 7 nitrogen and oxygen atoms in total. The fourth-order valence-corrected chi connectivity index (χ4v) is 2.71. The van der Waals surface area contributed by atoms with E-state index in [0.29, 0.717) is 18.8 Å². The Bertz CT molecular complexity index is 1010. The van der Waals surface area contributed by atoms with Gasteiger partial charge in [0, 0.05) is 19.1 Å². The Morgan fingerprint density at radius 1 is 1.30 bits per heavy atom. The minimum absolute atomic E-state index is 0.0207. The van der Waals surface area contributed by atoms with E-state index >= 15 is 0 Å². The van der Waals surface area contributed by atoms with E-state index in [-0.39, 0.29) is 29.4 Å². The molecule has 3 rings (SSSR count). The number of allylic oxidation sites excluding steroid dienone is 1. The van der Waals surface area contributed by atoms with Crippen LogP contribution in [0.3, 0.4) is 0 Å². The molecule has 0 fully saturated rings. The fraction of sp³-hybridized carbons (Fsp3) is 0.318. The van der Waals surface area contributed by atoms with Crippen molar-refractivity contribution in [3.8, 4) is 0 Å². The predicted octanol–water partition coefficient (Wildman–Crippen LogP) is 4.72. The van der Waals surface area contributed by atoms with Crippen molar-refractivity contribution in [3.63, 3.8) is 0 Å². The zero-order chi connectivity index (χ0) is 21.5. The van der Waals surface area contributed by atoms with Gasteiger partial charge in [0.05, 0.1) is 0 Å². The molecular weight excluding hydrogens is 389 g/mol. The molecule has 0 aliphatic rings. The summed E-state index contributed by atoms with van der Waals surface area (Å²) in [5.41, 5.74) is 0.855. The third-order valence-corrected chi connectivity index (χ3v) is 4.43. The van der Waals surface area contributed by atoms with Crippen LogP contribution in [0.2, 0.25) is 0 Å². The molecule has 0 spiro atoms. The standard InChI is InChI=1S/C22H24FN3O4/c1-3-4-11-29-15(2)26-14-24-22(25-26)20(28)13-19(27)21-10-9-18(30-21)12-16-5-7-17(23)8-6-16/h5-10,13-15,28H,3-4,11-12H2,1-2H3. The van der Waals surface area contributed by atoms with Crippen LogP contribution < -0.4 is 0 Å². The molecule has 1 atom stereocenters. The van der Waals surface area contributed by atoms with Gasteiger partial charge in [0.1, 0.15) is 24.1 Å². The van der Waals surface area contributed by atoms with Crippen LogP contribution >= 0.6 is 0 Å². The van der Waals surface area contributed by atoms with Gasteiger partial charge in [-0.25, -0.2) is 14.1 Å². The van der Waals surface area contributed by atoms with Crippen LogP contribution in [0, 0.1) is 5.82 Å². The van der Waals surface area contributed by atoms with Gasteiger partial charge in [-0.15, -0.1) is 5.10 Å². The topological polar surface area (TPSA) is 90.4 Å². The highest BCUT2D eigenvalue weighted by Gasteiger charge is 2.15. The van der Waals surface area contributed by atoms with Gasteiger partial charge in [-0.3, -0.25) is 4.79 Å². The summed E-state index contributed by atoms with van der Waals surface area (Å²) in [4.78, 5) is 16.4. The zero-order valence-corrected chi connectivity index (χ0v) is 16.9. The van der Waals surface area contributed by atoms with Crippen molar-refractivity contribution < 1.29 is 23.4 Å². The summed E-state index contributed by atoms with van der Waals surface area (Å²) in [6.07, 6.45) is 4.51. The van der Waals surface area contributed by atoms with Gasteiger partial charge in [-0.05, 0) is 43.2 Å². The minimum Gasteiger partial charge on any atom is -0.504 e. The minimum atomic E-state index is -0.513. The van der Waals surface area contributed by atoms with Gasteiger partial charge in [0.15, 0.2) is 11.5 Å². The molecule has 0 saturated carbocycles. The monoisotopic (exact) mass is 413 g/mol. The van der Waals surface area contributed by atoms with Gasteiger partial charge in [0.25, 0.3) is 0 Å². The molecule has 2 heterocycles. The summed E-state index contributed by atoms with van der Waals surface area (Å²) < 4.78 is 25.7. The summed E-state index contributed by atoms with van der Waals surface area (Å²) in [5, 5.41) is 14.4. The van der Waals surface area contributed by atoms with Crippen LogP contribution in [0.25, 0.3) is 5.76 Å². The van der Waals surface area contributed by atoms with Crippen LogP contribution in [-0.2, 0) is 11.2 Å². The Balaban J connectivity index is 1.63. The molecule has 0 saturated heterocycles. The number of ketones is 1. The lowest BCUT2D eigenvalue weighted by atomic mass is 10.1. The van der Waals surface area contributed by atoms with Crippen LogP contribution in [-0.4, -0.2) is 32.3 Å². The first kappa shape index (κ1) is 21.4. The van der Waals surface area contributed by atoms with Gasteiger partial charge < -0.3 is 14.3 Å². The van der Waals surface area contributed by atoms with E-state index in [1.165, 1.54) is 29.2 Å². The normalized spacial score (nSPS) is 12.8. The van der Waals surface area contributed by atoms with E-state index < -0.39 is 5.78 Å². The lowest BCUT2D eigenvalue weighted by Gasteiger charge is -2.11. The molecule has 1 N–H and O–H groups in total. The van der Waals surface area contributed by atoms with Gasteiger partial charge in [-0.1, -0.05) is 25.5 Å². The van der Waals surface area contributed by atoms with Crippen LogP contribution in [0.4, 0.5) is 4.39 Å². The lowest BCUT2D eigenvalue weighted by molar-refractivity contribution is 0.00606. The number of halogens is 1. The Morgan fingerprint density at radius 2 is 2.07 bits per heavy atom. The number of nitrogens with zero attached hydrogens (tertiary/aromatic N) is 3. The van der Waals surface area contributed by atoms with Crippen LogP contribution in [0.15, 0.2) is 53.2 Å². The third-order valence-electron chi connectivity index (χ3n) is 4.43. The smallest absolute Gasteiger partial charge is 0.224 e. The maximum Gasteiger partial charge on any atom is 0.224 e. The molecule has 1 aromatic carbocycles. The number of hydrogen-bond acceptors (Lipinski definition) is 6. The highest BCUT2D eigenvalue weighted by Crippen LogP contribution is 2.17. The molecule has 30 heavy (non-hydrogen) atoms. The summed E-state index contributed by atoms with van der Waals surface area (Å²) in [6, 6.07) is 9.24. The Morgan fingerprint density at radius 3 is 2.80 bits per heavy atom. The van der Waals surface area contributed by atoms with Gasteiger partial charge >= 0.3 is 0 Å². The number of carbonyl (C=O) groups is 1. The number of benzene rings is 1. The van der Waals surface area contributed by atoms with Crippen molar-refractivity contribution in [1.29, 1.82) is 0 Å². The molecule has 0 radical (unpaired) electrons. The number of carbonyl (C=O) groups excluding carboxylic acids is 1. The molecule has 8 heteroatoms. The summed E-state index contributed by atoms with van der Waals surface area (Å²) >= 11 is 0. The number of aromatic nitrogens is 3. The molecule has 158 valence electrons. The maximum absolute atomic E-state index is 13.0. The second-order valence-electron chi connectivity index (χ2n) is 6.83. The van der Waals surface area contributed by atoms with Crippen LogP contribution in [0.5, 0.6) is 0 Å². The number of unbranched alkanes of at least 4 members (excludes halogenated alkanes) is 1. The average molecular weight is 413 g/mol.